The zero-order valence-corrected chi connectivity index (χ0v) is 15.4. The fraction of sp³-hybridized carbons (Fsp3) is 0.450. The normalized spacial score (nSPS) is 17.0. The van der Waals surface area contributed by atoms with E-state index in [0.717, 1.165) is 47.8 Å². The number of carbonyl (C=O) groups excluding carboxylic acids is 1. The molecule has 1 aliphatic heterocycles. The third kappa shape index (κ3) is 3.36. The van der Waals surface area contributed by atoms with Crippen molar-refractivity contribution < 1.29 is 14.3 Å². The van der Waals surface area contributed by atoms with E-state index < -0.39 is 0 Å². The van der Waals surface area contributed by atoms with Crippen molar-refractivity contribution in [2.24, 2.45) is 0 Å². The summed E-state index contributed by atoms with van der Waals surface area (Å²) in [6, 6.07) is 9.99. The number of likely N-dealkylation sites (tertiary alicyclic amines) is 1. The highest BCUT2D eigenvalue weighted by atomic mass is 16.5. The lowest BCUT2D eigenvalue weighted by atomic mass is 10.0. The minimum Gasteiger partial charge on any atom is -0.497 e. The Morgan fingerprint density at radius 1 is 1.12 bits per heavy atom. The first-order valence-corrected chi connectivity index (χ1v) is 8.69. The first-order chi connectivity index (χ1) is 12.0. The van der Waals surface area contributed by atoms with Gasteiger partial charge in [0.2, 0.25) is 5.91 Å². The molecule has 1 aromatic heterocycles. The molecule has 0 bridgehead atoms. The van der Waals surface area contributed by atoms with Gasteiger partial charge in [0.05, 0.1) is 20.3 Å². The summed E-state index contributed by atoms with van der Waals surface area (Å²) in [6.45, 7) is 5.25. The van der Waals surface area contributed by atoms with Crippen LogP contribution in [0, 0.1) is 13.8 Å². The molecule has 134 valence electrons. The van der Waals surface area contributed by atoms with Gasteiger partial charge in [-0.3, -0.25) is 4.79 Å². The van der Waals surface area contributed by atoms with Gasteiger partial charge in [0.25, 0.3) is 0 Å². The lowest BCUT2D eigenvalue weighted by molar-refractivity contribution is -0.132. The number of amides is 1. The molecule has 0 aliphatic carbocycles. The van der Waals surface area contributed by atoms with Crippen LogP contribution >= 0.6 is 0 Å². The number of aromatic nitrogens is 1. The maximum Gasteiger partial charge on any atom is 0.243 e. The van der Waals surface area contributed by atoms with Crippen LogP contribution in [0.3, 0.4) is 0 Å². The Morgan fingerprint density at radius 2 is 1.84 bits per heavy atom. The standard InChI is InChI=1S/C20H26N2O3/c1-14-7-8-15(2)22(14)13-20(23)21-11-5-6-18(21)17-10-9-16(24-3)12-19(17)25-4/h7-10,12,18H,5-6,11,13H2,1-4H3/t18-/m1/s1. The number of methoxy groups -OCH3 is 2. The molecule has 1 fully saturated rings. The lowest BCUT2D eigenvalue weighted by Crippen LogP contribution is -2.34. The molecule has 5 nitrogen and oxygen atoms in total. The number of carbonyl (C=O) groups is 1. The molecule has 0 radical (unpaired) electrons. The summed E-state index contributed by atoms with van der Waals surface area (Å²) >= 11 is 0. The number of hydrogen-bond donors (Lipinski definition) is 0. The summed E-state index contributed by atoms with van der Waals surface area (Å²) < 4.78 is 12.9. The predicted molar refractivity (Wildman–Crippen MR) is 97.1 cm³/mol. The Morgan fingerprint density at radius 3 is 2.48 bits per heavy atom. The van der Waals surface area contributed by atoms with Crippen LogP contribution < -0.4 is 9.47 Å². The molecule has 1 aliphatic rings. The Kier molecular flexibility index (Phi) is 5.02. The summed E-state index contributed by atoms with van der Waals surface area (Å²) in [5.74, 6) is 1.69. The molecule has 1 aromatic carbocycles. The summed E-state index contributed by atoms with van der Waals surface area (Å²) in [5.41, 5.74) is 3.28. The van der Waals surface area contributed by atoms with Crippen LogP contribution in [0.25, 0.3) is 0 Å². The van der Waals surface area contributed by atoms with Gasteiger partial charge in [-0.15, -0.1) is 0 Å². The molecular weight excluding hydrogens is 316 g/mol. The van der Waals surface area contributed by atoms with Crippen molar-refractivity contribution in [3.05, 3.63) is 47.3 Å². The van der Waals surface area contributed by atoms with Crippen molar-refractivity contribution >= 4 is 5.91 Å². The molecule has 2 aromatic rings. The molecule has 1 amide bonds. The van der Waals surface area contributed by atoms with E-state index in [4.69, 9.17) is 9.47 Å². The van der Waals surface area contributed by atoms with Gasteiger partial charge in [0, 0.05) is 29.6 Å². The van der Waals surface area contributed by atoms with Crippen molar-refractivity contribution in [3.8, 4) is 11.5 Å². The SMILES string of the molecule is COc1ccc([C@H]2CCCN2C(=O)Cn2c(C)ccc2C)c(OC)c1. The Hall–Kier alpha value is -2.43. The van der Waals surface area contributed by atoms with Gasteiger partial charge < -0.3 is 18.9 Å². The van der Waals surface area contributed by atoms with E-state index >= 15 is 0 Å². The van der Waals surface area contributed by atoms with Crippen LogP contribution in [0.4, 0.5) is 0 Å². The quantitative estimate of drug-likeness (QED) is 0.835. The van der Waals surface area contributed by atoms with E-state index in [9.17, 15) is 4.79 Å². The van der Waals surface area contributed by atoms with E-state index in [1.54, 1.807) is 14.2 Å². The minimum atomic E-state index is 0.0598. The smallest absolute Gasteiger partial charge is 0.243 e. The van der Waals surface area contributed by atoms with Gasteiger partial charge in [0.15, 0.2) is 0 Å². The van der Waals surface area contributed by atoms with Crippen LogP contribution in [0.1, 0.15) is 35.8 Å². The van der Waals surface area contributed by atoms with Gasteiger partial charge in [-0.25, -0.2) is 0 Å². The molecule has 0 unspecified atom stereocenters. The molecule has 0 saturated carbocycles. The number of ether oxygens (including phenoxy) is 2. The van der Waals surface area contributed by atoms with Gasteiger partial charge in [-0.05, 0) is 51.0 Å². The van der Waals surface area contributed by atoms with Gasteiger partial charge >= 0.3 is 0 Å². The highest BCUT2D eigenvalue weighted by molar-refractivity contribution is 5.77. The fourth-order valence-corrected chi connectivity index (χ4v) is 3.66. The molecule has 2 heterocycles. The van der Waals surface area contributed by atoms with Crippen LogP contribution in [-0.2, 0) is 11.3 Å². The van der Waals surface area contributed by atoms with Crippen molar-refractivity contribution in [1.82, 2.24) is 9.47 Å². The van der Waals surface area contributed by atoms with Crippen molar-refractivity contribution in [1.29, 1.82) is 0 Å². The van der Waals surface area contributed by atoms with E-state index in [2.05, 4.69) is 16.7 Å². The maximum absolute atomic E-state index is 13.0. The molecular formula is C20H26N2O3. The number of nitrogens with zero attached hydrogens (tertiary/aromatic N) is 2. The zero-order chi connectivity index (χ0) is 18.0. The summed E-state index contributed by atoms with van der Waals surface area (Å²) in [5, 5.41) is 0. The van der Waals surface area contributed by atoms with Crippen LogP contribution in [0.15, 0.2) is 30.3 Å². The molecule has 1 atom stereocenters. The average molecular weight is 342 g/mol. The molecule has 25 heavy (non-hydrogen) atoms. The average Bonchev–Trinajstić information content (AvgIpc) is 3.23. The third-order valence-corrected chi connectivity index (χ3v) is 5.08. The predicted octanol–water partition coefficient (Wildman–Crippen LogP) is 3.49. The Bertz CT molecular complexity index is 747. The van der Waals surface area contributed by atoms with Gasteiger partial charge in [-0.2, -0.15) is 0 Å². The first-order valence-electron chi connectivity index (χ1n) is 8.69. The van der Waals surface area contributed by atoms with E-state index in [-0.39, 0.29) is 11.9 Å². The maximum atomic E-state index is 13.0. The van der Waals surface area contributed by atoms with Gasteiger partial charge in [-0.1, -0.05) is 0 Å². The zero-order valence-electron chi connectivity index (χ0n) is 15.4. The largest absolute Gasteiger partial charge is 0.497 e. The second-order valence-electron chi connectivity index (χ2n) is 6.56. The topological polar surface area (TPSA) is 43.7 Å². The highest BCUT2D eigenvalue weighted by Gasteiger charge is 2.32. The summed E-state index contributed by atoms with van der Waals surface area (Å²) in [6.07, 6.45) is 1.97. The van der Waals surface area contributed by atoms with Crippen LogP contribution in [0.5, 0.6) is 11.5 Å². The number of aryl methyl sites for hydroxylation is 2. The number of benzene rings is 1. The van der Waals surface area contributed by atoms with E-state index in [0.29, 0.717) is 6.54 Å². The van der Waals surface area contributed by atoms with E-state index in [1.807, 2.05) is 36.9 Å². The van der Waals surface area contributed by atoms with Crippen molar-refractivity contribution in [2.75, 3.05) is 20.8 Å². The fourth-order valence-electron chi connectivity index (χ4n) is 3.66. The molecule has 0 spiro atoms. The Labute approximate surface area is 149 Å². The summed E-state index contributed by atoms with van der Waals surface area (Å²) in [7, 11) is 3.30. The van der Waals surface area contributed by atoms with Crippen LogP contribution in [0.2, 0.25) is 0 Å². The van der Waals surface area contributed by atoms with E-state index in [1.165, 1.54) is 0 Å². The van der Waals surface area contributed by atoms with Crippen LogP contribution in [-0.4, -0.2) is 36.1 Å². The third-order valence-electron chi connectivity index (χ3n) is 5.08. The number of rotatable bonds is 5. The lowest BCUT2D eigenvalue weighted by Gasteiger charge is -2.27. The first kappa shape index (κ1) is 17.4. The second-order valence-corrected chi connectivity index (χ2v) is 6.56. The molecule has 1 saturated heterocycles. The van der Waals surface area contributed by atoms with Crippen molar-refractivity contribution in [3.63, 3.8) is 0 Å². The molecule has 0 N–H and O–H groups in total. The monoisotopic (exact) mass is 342 g/mol. The summed E-state index contributed by atoms with van der Waals surface area (Å²) in [4.78, 5) is 15.0. The second kappa shape index (κ2) is 7.21. The van der Waals surface area contributed by atoms with Gasteiger partial charge in [0.1, 0.15) is 18.0 Å². The Balaban J connectivity index is 1.84. The minimum absolute atomic E-state index is 0.0598. The molecule has 3 rings (SSSR count). The molecule has 5 heteroatoms. The number of hydrogen-bond acceptors (Lipinski definition) is 3. The highest BCUT2D eigenvalue weighted by Crippen LogP contribution is 2.38. The van der Waals surface area contributed by atoms with Crippen molar-refractivity contribution in [2.45, 2.75) is 39.3 Å².